The number of ether oxygens (including phenoxy) is 1. The van der Waals surface area contributed by atoms with Gasteiger partial charge >= 0.3 is 11.9 Å². The molecular formula is C17H11FO5S. The Kier molecular flexibility index (Phi) is 4.18. The van der Waals surface area contributed by atoms with Crippen LogP contribution in [0.5, 0.6) is 5.75 Å². The number of hydrogen-bond donors (Lipinski definition) is 2. The molecule has 0 saturated heterocycles. The zero-order valence-corrected chi connectivity index (χ0v) is 13.0. The van der Waals surface area contributed by atoms with E-state index in [9.17, 15) is 19.1 Å². The average Bonchev–Trinajstić information content (AvgIpc) is 2.91. The highest BCUT2D eigenvalue weighted by Gasteiger charge is 2.20. The molecule has 24 heavy (non-hydrogen) atoms. The molecule has 0 atom stereocenters. The van der Waals surface area contributed by atoms with E-state index in [0.29, 0.717) is 21.2 Å². The van der Waals surface area contributed by atoms with Gasteiger partial charge in [0.25, 0.3) is 0 Å². The Balaban J connectivity index is 2.12. The highest BCUT2D eigenvalue weighted by Crippen LogP contribution is 2.40. The summed E-state index contributed by atoms with van der Waals surface area (Å²) in [6.45, 7) is -0.638. The van der Waals surface area contributed by atoms with Crippen LogP contribution in [0, 0.1) is 5.82 Å². The molecule has 0 spiro atoms. The number of aromatic carboxylic acids is 1. The molecule has 2 N–H and O–H groups in total. The van der Waals surface area contributed by atoms with Crippen LogP contribution in [0.2, 0.25) is 0 Å². The van der Waals surface area contributed by atoms with E-state index >= 15 is 0 Å². The van der Waals surface area contributed by atoms with E-state index in [4.69, 9.17) is 9.84 Å². The van der Waals surface area contributed by atoms with Gasteiger partial charge in [-0.1, -0.05) is 24.3 Å². The van der Waals surface area contributed by atoms with Crippen LogP contribution < -0.4 is 4.74 Å². The van der Waals surface area contributed by atoms with Gasteiger partial charge in [0.15, 0.2) is 17.2 Å². The van der Waals surface area contributed by atoms with Gasteiger partial charge in [0.05, 0.1) is 0 Å². The van der Waals surface area contributed by atoms with Crippen LogP contribution in [0.1, 0.15) is 9.67 Å². The van der Waals surface area contributed by atoms with Gasteiger partial charge in [-0.15, -0.1) is 11.3 Å². The molecule has 0 aliphatic carbocycles. The summed E-state index contributed by atoms with van der Waals surface area (Å²) in [6.07, 6.45) is 0. The van der Waals surface area contributed by atoms with Crippen molar-refractivity contribution in [3.63, 3.8) is 0 Å². The summed E-state index contributed by atoms with van der Waals surface area (Å²) in [4.78, 5) is 22.0. The molecule has 7 heteroatoms. The Labute approximate surface area is 139 Å². The lowest BCUT2D eigenvalue weighted by Gasteiger charge is -2.05. The summed E-state index contributed by atoms with van der Waals surface area (Å²) in [5.74, 6) is -2.77. The molecule has 0 radical (unpaired) electrons. The molecule has 0 bridgehead atoms. The maximum Gasteiger partial charge on any atom is 0.349 e. The molecule has 1 heterocycles. The summed E-state index contributed by atoms with van der Waals surface area (Å²) in [5.41, 5.74) is 1.00. The molecule has 2 aromatic carbocycles. The van der Waals surface area contributed by atoms with Crippen molar-refractivity contribution in [2.24, 2.45) is 0 Å². The molecule has 122 valence electrons. The smallest absolute Gasteiger partial charge is 0.349 e. The Morgan fingerprint density at radius 1 is 1.12 bits per heavy atom. The van der Waals surface area contributed by atoms with Crippen LogP contribution in [0.15, 0.2) is 42.5 Å². The number of fused-ring (bicyclic) bond motifs is 1. The van der Waals surface area contributed by atoms with E-state index in [1.54, 1.807) is 36.4 Å². The van der Waals surface area contributed by atoms with Crippen LogP contribution in [0.3, 0.4) is 0 Å². The fraction of sp³-hybridized carbons (Fsp3) is 0.0588. The highest BCUT2D eigenvalue weighted by molar-refractivity contribution is 7.21. The fourth-order valence-electron chi connectivity index (χ4n) is 2.35. The average molecular weight is 346 g/mol. The van der Waals surface area contributed by atoms with E-state index in [2.05, 4.69) is 0 Å². The van der Waals surface area contributed by atoms with E-state index in [0.717, 1.165) is 11.3 Å². The van der Waals surface area contributed by atoms with Crippen LogP contribution >= 0.6 is 11.3 Å². The normalized spacial score (nSPS) is 10.7. The van der Waals surface area contributed by atoms with Crippen molar-refractivity contribution in [3.05, 3.63) is 53.2 Å². The largest absolute Gasteiger partial charge is 0.479 e. The van der Waals surface area contributed by atoms with Crippen molar-refractivity contribution >= 4 is 33.4 Å². The molecule has 0 aliphatic rings. The zero-order valence-electron chi connectivity index (χ0n) is 12.2. The minimum Gasteiger partial charge on any atom is -0.479 e. The third-order valence-electron chi connectivity index (χ3n) is 3.36. The number of carboxylic acid groups (broad SMARTS) is 2. The standard InChI is InChI=1S/C17H11FO5S/c18-12-4-2-1-3-10(12)9-5-6-11-13(7-9)24-16(17(21)22)15(11)23-8-14(19)20/h1-7H,8H2,(H,19,20)(H,21,22). The third-order valence-corrected chi connectivity index (χ3v) is 4.49. The Morgan fingerprint density at radius 2 is 1.88 bits per heavy atom. The van der Waals surface area contributed by atoms with E-state index < -0.39 is 18.5 Å². The number of halogens is 1. The Hall–Kier alpha value is -2.93. The van der Waals surface area contributed by atoms with Gasteiger partial charge in [-0.2, -0.15) is 0 Å². The predicted molar refractivity (Wildman–Crippen MR) is 87.3 cm³/mol. The molecule has 0 amide bonds. The lowest BCUT2D eigenvalue weighted by atomic mass is 10.0. The van der Waals surface area contributed by atoms with Gasteiger partial charge in [0.2, 0.25) is 0 Å². The lowest BCUT2D eigenvalue weighted by molar-refractivity contribution is -0.139. The monoisotopic (exact) mass is 346 g/mol. The molecule has 5 nitrogen and oxygen atoms in total. The van der Waals surface area contributed by atoms with Gasteiger partial charge in [-0.25, -0.2) is 14.0 Å². The zero-order chi connectivity index (χ0) is 17.3. The van der Waals surface area contributed by atoms with Crippen LogP contribution in [-0.4, -0.2) is 28.8 Å². The molecule has 3 rings (SSSR count). The number of carbonyl (C=O) groups is 2. The second-order valence-electron chi connectivity index (χ2n) is 4.94. The van der Waals surface area contributed by atoms with Gasteiger partial charge in [0.1, 0.15) is 5.82 Å². The number of thiophene rings is 1. The van der Waals surface area contributed by atoms with Crippen LogP contribution in [0.25, 0.3) is 21.2 Å². The van der Waals surface area contributed by atoms with E-state index in [1.807, 2.05) is 0 Å². The maximum absolute atomic E-state index is 13.9. The molecular weight excluding hydrogens is 335 g/mol. The number of carboxylic acids is 2. The molecule has 1 aromatic heterocycles. The van der Waals surface area contributed by atoms with E-state index in [1.165, 1.54) is 6.07 Å². The van der Waals surface area contributed by atoms with Gasteiger partial charge in [-0.3, -0.25) is 0 Å². The van der Waals surface area contributed by atoms with Crippen molar-refractivity contribution in [1.29, 1.82) is 0 Å². The third kappa shape index (κ3) is 2.93. The van der Waals surface area contributed by atoms with Crippen molar-refractivity contribution < 1.29 is 28.9 Å². The summed E-state index contributed by atoms with van der Waals surface area (Å²) in [5, 5.41) is 18.5. The summed E-state index contributed by atoms with van der Waals surface area (Å²) in [7, 11) is 0. The van der Waals surface area contributed by atoms with Gasteiger partial charge in [0, 0.05) is 15.6 Å². The molecule has 0 saturated carbocycles. The summed E-state index contributed by atoms with van der Waals surface area (Å²) < 4.78 is 19.6. The minimum atomic E-state index is -1.20. The minimum absolute atomic E-state index is 0.0185. The topological polar surface area (TPSA) is 83.8 Å². The second-order valence-corrected chi connectivity index (χ2v) is 5.99. The number of hydrogen-bond acceptors (Lipinski definition) is 4. The van der Waals surface area contributed by atoms with E-state index in [-0.39, 0.29) is 16.4 Å². The molecule has 0 unspecified atom stereocenters. The van der Waals surface area contributed by atoms with Crippen LogP contribution in [-0.2, 0) is 4.79 Å². The van der Waals surface area contributed by atoms with Crippen molar-refractivity contribution in [1.82, 2.24) is 0 Å². The highest BCUT2D eigenvalue weighted by atomic mass is 32.1. The number of rotatable bonds is 5. The maximum atomic E-state index is 13.9. The Morgan fingerprint density at radius 3 is 2.54 bits per heavy atom. The van der Waals surface area contributed by atoms with Gasteiger partial charge < -0.3 is 14.9 Å². The van der Waals surface area contributed by atoms with Crippen molar-refractivity contribution in [2.45, 2.75) is 0 Å². The Bertz CT molecular complexity index is 947. The molecule has 0 aliphatic heterocycles. The predicted octanol–water partition coefficient (Wildman–Crippen LogP) is 3.87. The quantitative estimate of drug-likeness (QED) is 0.733. The number of aliphatic carboxylic acids is 1. The summed E-state index contributed by atoms with van der Waals surface area (Å²) in [6, 6.07) is 11.2. The first-order valence-corrected chi connectivity index (χ1v) is 7.68. The first-order chi connectivity index (χ1) is 11.5. The first-order valence-electron chi connectivity index (χ1n) is 6.86. The second kappa shape index (κ2) is 6.29. The summed E-state index contributed by atoms with van der Waals surface area (Å²) >= 11 is 0.958. The number of benzene rings is 2. The van der Waals surface area contributed by atoms with Crippen molar-refractivity contribution in [3.8, 4) is 16.9 Å². The fourth-order valence-corrected chi connectivity index (χ4v) is 3.38. The SMILES string of the molecule is O=C(O)COc1c(C(=O)O)sc2cc(-c3ccccc3F)ccc12. The lowest BCUT2D eigenvalue weighted by Crippen LogP contribution is -2.10. The van der Waals surface area contributed by atoms with Crippen molar-refractivity contribution in [2.75, 3.05) is 6.61 Å². The molecule has 0 fully saturated rings. The van der Waals surface area contributed by atoms with Crippen LogP contribution in [0.4, 0.5) is 4.39 Å². The first kappa shape index (κ1) is 15.9. The molecule has 3 aromatic rings. The van der Waals surface area contributed by atoms with Gasteiger partial charge in [-0.05, 0) is 23.8 Å².